The highest BCUT2D eigenvalue weighted by Gasteiger charge is 2.57. The van der Waals surface area contributed by atoms with Gasteiger partial charge in [0.25, 0.3) is 5.91 Å². The third-order valence-electron chi connectivity index (χ3n) is 9.10. The maximum Gasteiger partial charge on any atom is 0.291 e. The van der Waals surface area contributed by atoms with Gasteiger partial charge in [0, 0.05) is 17.7 Å². The first-order chi connectivity index (χ1) is 18.6. The minimum Gasteiger partial charge on any atom is -0.355 e. The zero-order valence-corrected chi connectivity index (χ0v) is 25.2. The third kappa shape index (κ3) is 4.86. The van der Waals surface area contributed by atoms with E-state index in [4.69, 9.17) is 10.00 Å². The summed E-state index contributed by atoms with van der Waals surface area (Å²) in [5.41, 5.74) is 4.87. The van der Waals surface area contributed by atoms with Gasteiger partial charge in [0.2, 0.25) is 0 Å². The van der Waals surface area contributed by atoms with Crippen LogP contribution in [0.15, 0.2) is 48.7 Å². The number of nitrogens with one attached hydrogen (secondary N) is 2. The summed E-state index contributed by atoms with van der Waals surface area (Å²) in [5, 5.41) is 12.2. The number of hydrogen-bond acceptors (Lipinski definition) is 4. The van der Waals surface area contributed by atoms with Crippen LogP contribution in [0.3, 0.4) is 0 Å². The van der Waals surface area contributed by atoms with Crippen molar-refractivity contribution in [2.45, 2.75) is 92.3 Å². The molecule has 0 radical (unpaired) electrons. The average molecular weight is 539 g/mol. The summed E-state index contributed by atoms with van der Waals surface area (Å²) in [5.74, 6) is -0.238. The number of aromatic nitrogens is 2. The van der Waals surface area contributed by atoms with Crippen molar-refractivity contribution in [3.05, 3.63) is 71.3 Å². The second kappa shape index (κ2) is 9.31. The number of nitriles is 1. The lowest BCUT2D eigenvalue weighted by molar-refractivity contribution is -0.158. The number of carbonyl (C=O) groups is 1. The molecule has 6 nitrogen and oxygen atoms in total. The highest BCUT2D eigenvalue weighted by Crippen LogP contribution is 2.57. The highest BCUT2D eigenvalue weighted by molar-refractivity contribution is 6.03. The highest BCUT2D eigenvalue weighted by atomic mass is 16.5. The minimum absolute atomic E-state index is 0.0877. The fraction of sp³-hybridized carbons (Fsp3) is 0.500. The summed E-state index contributed by atoms with van der Waals surface area (Å²) in [7, 11) is 0. The van der Waals surface area contributed by atoms with Gasteiger partial charge in [0.1, 0.15) is 17.4 Å². The Morgan fingerprint density at radius 3 is 2.45 bits per heavy atom. The van der Waals surface area contributed by atoms with Crippen LogP contribution in [0.4, 0.5) is 5.69 Å². The monoisotopic (exact) mass is 538 g/mol. The van der Waals surface area contributed by atoms with Gasteiger partial charge >= 0.3 is 0 Å². The molecule has 2 aromatic rings. The molecule has 0 spiro atoms. The Morgan fingerprint density at radius 2 is 1.85 bits per heavy atom. The molecule has 5 rings (SSSR count). The molecule has 0 saturated heterocycles. The number of anilines is 1. The number of nitrogens with zero attached hydrogens (tertiary/aromatic N) is 2. The molecule has 1 amide bonds. The van der Waals surface area contributed by atoms with Crippen molar-refractivity contribution in [1.82, 2.24) is 9.97 Å². The lowest BCUT2D eigenvalue weighted by atomic mass is 9.69. The van der Waals surface area contributed by atoms with Crippen LogP contribution < -0.4 is 5.32 Å². The Kier molecular flexibility index (Phi) is 6.54. The molecule has 2 unspecified atom stereocenters. The first-order valence-corrected chi connectivity index (χ1v) is 14.3. The zero-order chi connectivity index (χ0) is 29.1. The third-order valence-corrected chi connectivity index (χ3v) is 9.10. The largest absolute Gasteiger partial charge is 0.355 e. The van der Waals surface area contributed by atoms with E-state index in [1.165, 1.54) is 17.3 Å². The Bertz CT molecular complexity index is 1480. The summed E-state index contributed by atoms with van der Waals surface area (Å²) in [6, 6.07) is 8.35. The van der Waals surface area contributed by atoms with E-state index in [-0.39, 0.29) is 33.7 Å². The fourth-order valence-electron chi connectivity index (χ4n) is 5.98. The van der Waals surface area contributed by atoms with Crippen LogP contribution in [0.2, 0.25) is 0 Å². The molecule has 40 heavy (non-hydrogen) atoms. The number of amides is 1. The van der Waals surface area contributed by atoms with Crippen LogP contribution in [-0.4, -0.2) is 27.1 Å². The second-order valence-electron chi connectivity index (χ2n) is 14.5. The molecule has 2 aliphatic heterocycles. The van der Waals surface area contributed by atoms with Gasteiger partial charge in [-0.3, -0.25) is 4.79 Å². The lowest BCUT2D eigenvalue weighted by Crippen LogP contribution is -2.52. The molecule has 210 valence electrons. The number of allylic oxidation sites excluding steroid dienone is 2. The van der Waals surface area contributed by atoms with E-state index in [1.54, 1.807) is 0 Å². The summed E-state index contributed by atoms with van der Waals surface area (Å²) < 4.78 is 6.97. The quantitative estimate of drug-likeness (QED) is 0.385. The van der Waals surface area contributed by atoms with Gasteiger partial charge in [-0.15, -0.1) is 0 Å². The zero-order valence-electron chi connectivity index (χ0n) is 25.2. The van der Waals surface area contributed by atoms with Crippen molar-refractivity contribution >= 4 is 22.7 Å². The molecular formula is C34H42N4O2. The van der Waals surface area contributed by atoms with Gasteiger partial charge < -0.3 is 15.0 Å². The minimum atomic E-state index is -0.493. The van der Waals surface area contributed by atoms with E-state index in [2.05, 4.69) is 107 Å². The normalized spacial score (nSPS) is 25.7. The van der Waals surface area contributed by atoms with E-state index in [0.717, 1.165) is 42.5 Å². The van der Waals surface area contributed by atoms with Crippen LogP contribution in [0.5, 0.6) is 0 Å². The molecule has 1 aliphatic carbocycles. The maximum atomic E-state index is 13.1. The van der Waals surface area contributed by atoms with Crippen LogP contribution in [0.1, 0.15) is 109 Å². The Labute approximate surface area is 238 Å². The van der Waals surface area contributed by atoms with Gasteiger partial charge in [-0.05, 0) is 76.5 Å². The van der Waals surface area contributed by atoms with E-state index in [1.807, 2.05) is 12.1 Å². The molecule has 2 bridgehead atoms. The van der Waals surface area contributed by atoms with Crippen molar-refractivity contribution in [3.63, 3.8) is 0 Å². The van der Waals surface area contributed by atoms with Gasteiger partial charge in [-0.1, -0.05) is 73.6 Å². The number of H-pyrrole nitrogens is 1. The first-order valence-electron chi connectivity index (χ1n) is 14.3. The van der Waals surface area contributed by atoms with Crippen molar-refractivity contribution < 1.29 is 9.53 Å². The smallest absolute Gasteiger partial charge is 0.291 e. The predicted octanol–water partition coefficient (Wildman–Crippen LogP) is 8.07. The van der Waals surface area contributed by atoms with Crippen molar-refractivity contribution in [2.24, 2.45) is 16.2 Å². The Hall–Kier alpha value is -3.43. The standard InChI is InChI=1S/C34H42N4O2/c1-30(2,3)33-15-16-34(40-33,31(4,5)6)19-24(18-33)23-9-10-27(38-29(39)28-36-21-25(20-35)37-28)26(17-23)22-11-13-32(7,8)14-12-22/h9-11,15-18,21H,12-14,19H2,1-8H3,(H,36,37)(H,38,39). The van der Waals surface area contributed by atoms with Gasteiger partial charge in [-0.25, -0.2) is 4.98 Å². The fourth-order valence-corrected chi connectivity index (χ4v) is 5.98. The van der Waals surface area contributed by atoms with E-state index in [9.17, 15) is 4.79 Å². The number of aromatic amines is 1. The van der Waals surface area contributed by atoms with E-state index in [0.29, 0.717) is 0 Å². The number of fused-ring (bicyclic) bond motifs is 2. The van der Waals surface area contributed by atoms with Crippen LogP contribution in [0, 0.1) is 27.6 Å². The predicted molar refractivity (Wildman–Crippen MR) is 160 cm³/mol. The molecule has 0 saturated carbocycles. The maximum absolute atomic E-state index is 13.1. The molecule has 2 N–H and O–H groups in total. The van der Waals surface area contributed by atoms with Crippen LogP contribution >= 0.6 is 0 Å². The molecule has 1 aromatic carbocycles. The second-order valence-corrected chi connectivity index (χ2v) is 14.5. The van der Waals surface area contributed by atoms with Gasteiger partial charge in [-0.2, -0.15) is 5.26 Å². The van der Waals surface area contributed by atoms with Gasteiger partial charge in [0.05, 0.1) is 11.8 Å². The Balaban J connectivity index is 1.58. The SMILES string of the molecule is CC1(C)CC=C(c2cc(C3=CC4(C(C)(C)C)C=CC(C(C)(C)C)(C3)O4)ccc2NC(=O)c2ncc(C#N)[nH]2)CC1. The summed E-state index contributed by atoms with van der Waals surface area (Å²) in [6.45, 7) is 18.1. The van der Waals surface area contributed by atoms with Gasteiger partial charge in [0.15, 0.2) is 5.82 Å². The van der Waals surface area contributed by atoms with Crippen molar-refractivity contribution in [2.75, 3.05) is 5.32 Å². The van der Waals surface area contributed by atoms with Crippen molar-refractivity contribution in [1.29, 1.82) is 5.26 Å². The van der Waals surface area contributed by atoms with E-state index < -0.39 is 11.2 Å². The molecule has 1 aromatic heterocycles. The van der Waals surface area contributed by atoms with Crippen LogP contribution in [0.25, 0.3) is 11.1 Å². The number of benzene rings is 1. The van der Waals surface area contributed by atoms with Crippen molar-refractivity contribution in [3.8, 4) is 6.07 Å². The number of carbonyl (C=O) groups excluding carboxylic acids is 1. The first kappa shape index (κ1) is 28.1. The number of ether oxygens (including phenoxy) is 1. The molecular weight excluding hydrogens is 496 g/mol. The molecule has 3 heterocycles. The molecule has 3 aliphatic rings. The molecule has 0 fully saturated rings. The summed E-state index contributed by atoms with van der Waals surface area (Å²) in [6.07, 6.45) is 14.4. The lowest BCUT2D eigenvalue weighted by Gasteiger charge is -2.50. The Morgan fingerprint density at radius 1 is 1.10 bits per heavy atom. The molecule has 2 atom stereocenters. The number of hydrogen-bond donors (Lipinski definition) is 2. The number of imidazole rings is 1. The summed E-state index contributed by atoms with van der Waals surface area (Å²) in [4.78, 5) is 20.0. The topological polar surface area (TPSA) is 90.8 Å². The summed E-state index contributed by atoms with van der Waals surface area (Å²) >= 11 is 0. The molecule has 6 heteroatoms. The number of rotatable bonds is 4. The van der Waals surface area contributed by atoms with E-state index >= 15 is 0 Å². The van der Waals surface area contributed by atoms with Crippen LogP contribution in [-0.2, 0) is 4.74 Å². The average Bonchev–Trinajstić information content (AvgIpc) is 3.47.